The number of rotatable bonds is 5. The Morgan fingerprint density at radius 3 is 2.38 bits per heavy atom. The highest BCUT2D eigenvalue weighted by Gasteiger charge is 2.41. The molecule has 0 radical (unpaired) electrons. The summed E-state index contributed by atoms with van der Waals surface area (Å²) in [7, 11) is 1.61. The number of methoxy groups -OCH3 is 1. The van der Waals surface area contributed by atoms with Crippen molar-refractivity contribution >= 4 is 23.2 Å². The van der Waals surface area contributed by atoms with Gasteiger partial charge in [0.2, 0.25) is 11.8 Å². The number of hydrogen-bond acceptors (Lipinski definition) is 3. The highest BCUT2D eigenvalue weighted by Crippen LogP contribution is 2.41. The first-order chi connectivity index (χ1) is 15.5. The molecule has 1 aliphatic rings. The number of piperidine rings is 1. The van der Waals surface area contributed by atoms with Crippen LogP contribution in [0.4, 0.5) is 11.4 Å². The minimum absolute atomic E-state index is 0.0135. The molecule has 0 aliphatic carbocycles. The number of amides is 2. The maximum absolute atomic E-state index is 13.5. The van der Waals surface area contributed by atoms with E-state index >= 15 is 0 Å². The first kappa shape index (κ1) is 21.6. The van der Waals surface area contributed by atoms with Crippen LogP contribution in [0.1, 0.15) is 35.6 Å². The average molecular weight is 429 g/mol. The van der Waals surface area contributed by atoms with E-state index in [0.29, 0.717) is 12.8 Å². The molecule has 4 rings (SSSR count). The van der Waals surface area contributed by atoms with Crippen LogP contribution < -0.4 is 15.0 Å². The van der Waals surface area contributed by atoms with Crippen molar-refractivity contribution in [1.29, 1.82) is 0 Å². The summed E-state index contributed by atoms with van der Waals surface area (Å²) in [5, 5.41) is 3.12. The number of nitrogens with one attached hydrogen (secondary N) is 1. The number of carbonyl (C=O) groups excluding carboxylic acids is 2. The summed E-state index contributed by atoms with van der Waals surface area (Å²) >= 11 is 0. The molecule has 5 heteroatoms. The number of nitrogens with zero attached hydrogens (tertiary/aromatic N) is 1. The van der Waals surface area contributed by atoms with Crippen molar-refractivity contribution in [2.24, 2.45) is 5.92 Å². The Morgan fingerprint density at radius 1 is 1.00 bits per heavy atom. The highest BCUT2D eigenvalue weighted by atomic mass is 16.5. The molecule has 0 spiro atoms. The molecule has 3 aromatic carbocycles. The maximum Gasteiger partial charge on any atom is 0.229 e. The lowest BCUT2D eigenvalue weighted by atomic mass is 9.83. The Kier molecular flexibility index (Phi) is 6.26. The molecule has 2 amide bonds. The molecule has 0 bridgehead atoms. The van der Waals surface area contributed by atoms with Gasteiger partial charge in [0.15, 0.2) is 0 Å². The third-order valence-electron chi connectivity index (χ3n) is 6.07. The quantitative estimate of drug-likeness (QED) is 0.589. The normalized spacial score (nSPS) is 18.3. The van der Waals surface area contributed by atoms with Crippen LogP contribution in [0.3, 0.4) is 0 Å². The molecule has 0 aromatic heterocycles. The Bertz CT molecular complexity index is 1110. The van der Waals surface area contributed by atoms with Crippen molar-refractivity contribution in [3.8, 4) is 5.75 Å². The Hall–Kier alpha value is -3.60. The Balaban J connectivity index is 1.71. The fourth-order valence-electron chi connectivity index (χ4n) is 4.43. The molecule has 1 heterocycles. The van der Waals surface area contributed by atoms with Crippen LogP contribution in [0, 0.1) is 19.8 Å². The summed E-state index contributed by atoms with van der Waals surface area (Å²) in [5.41, 5.74) is 4.68. The molecule has 5 nitrogen and oxygen atoms in total. The van der Waals surface area contributed by atoms with E-state index in [0.717, 1.165) is 33.8 Å². The Morgan fingerprint density at radius 2 is 1.72 bits per heavy atom. The van der Waals surface area contributed by atoms with Gasteiger partial charge in [0.05, 0.1) is 19.1 Å². The van der Waals surface area contributed by atoms with Gasteiger partial charge in [-0.3, -0.25) is 9.59 Å². The van der Waals surface area contributed by atoms with Gasteiger partial charge in [0.25, 0.3) is 0 Å². The molecule has 164 valence electrons. The summed E-state index contributed by atoms with van der Waals surface area (Å²) in [4.78, 5) is 28.4. The third kappa shape index (κ3) is 4.37. The van der Waals surface area contributed by atoms with Crippen molar-refractivity contribution in [2.45, 2.75) is 32.7 Å². The standard InChI is InChI=1S/C27H28N2O3/c1-18-9-15-24(19(2)17-18)28-27(31)23-14-16-25(30)29(21-10-12-22(32-3)13-11-21)26(23)20-7-5-4-6-8-20/h4-13,15,17,23,26H,14,16H2,1-3H3,(H,28,31)/t23-,26-/m1/s1. The van der Waals surface area contributed by atoms with E-state index in [1.165, 1.54) is 0 Å². The molecule has 1 N–H and O–H groups in total. The van der Waals surface area contributed by atoms with Crippen molar-refractivity contribution in [3.63, 3.8) is 0 Å². The molecule has 1 fully saturated rings. The number of ether oxygens (including phenoxy) is 1. The van der Waals surface area contributed by atoms with Gasteiger partial charge in [-0.25, -0.2) is 0 Å². The van der Waals surface area contributed by atoms with Gasteiger partial charge in [0.1, 0.15) is 5.75 Å². The van der Waals surface area contributed by atoms with Crippen molar-refractivity contribution in [1.82, 2.24) is 0 Å². The predicted octanol–water partition coefficient (Wildman–Crippen LogP) is 5.44. The van der Waals surface area contributed by atoms with E-state index < -0.39 is 6.04 Å². The minimum atomic E-state index is -0.392. The van der Waals surface area contributed by atoms with Gasteiger partial charge in [-0.2, -0.15) is 0 Å². The first-order valence-corrected chi connectivity index (χ1v) is 10.9. The van der Waals surface area contributed by atoms with Gasteiger partial charge in [-0.05, 0) is 61.7 Å². The lowest BCUT2D eigenvalue weighted by Gasteiger charge is -2.41. The van der Waals surface area contributed by atoms with Crippen molar-refractivity contribution in [2.75, 3.05) is 17.3 Å². The Labute approximate surface area is 189 Å². The number of benzene rings is 3. The van der Waals surface area contributed by atoms with Gasteiger partial charge in [-0.15, -0.1) is 0 Å². The number of carbonyl (C=O) groups is 2. The first-order valence-electron chi connectivity index (χ1n) is 10.9. The van der Waals surface area contributed by atoms with Crippen LogP contribution >= 0.6 is 0 Å². The van der Waals surface area contributed by atoms with Gasteiger partial charge < -0.3 is 15.0 Å². The van der Waals surface area contributed by atoms with Crippen LogP contribution in [0.2, 0.25) is 0 Å². The summed E-state index contributed by atoms with van der Waals surface area (Å²) in [6.07, 6.45) is 0.822. The molecular formula is C27H28N2O3. The average Bonchev–Trinajstić information content (AvgIpc) is 2.81. The van der Waals surface area contributed by atoms with Crippen LogP contribution in [-0.4, -0.2) is 18.9 Å². The topological polar surface area (TPSA) is 58.6 Å². The fraction of sp³-hybridized carbons (Fsp3) is 0.259. The SMILES string of the molecule is COc1ccc(N2C(=O)CC[C@@H](C(=O)Nc3ccc(C)cc3C)[C@H]2c2ccccc2)cc1. The number of hydrogen-bond donors (Lipinski definition) is 1. The zero-order chi connectivity index (χ0) is 22.7. The van der Waals surface area contributed by atoms with Crippen molar-refractivity contribution in [3.05, 3.63) is 89.5 Å². The summed E-state index contributed by atoms with van der Waals surface area (Å²) in [6.45, 7) is 4.02. The molecule has 0 unspecified atom stereocenters. The highest BCUT2D eigenvalue weighted by molar-refractivity contribution is 6.00. The largest absolute Gasteiger partial charge is 0.497 e. The molecular weight excluding hydrogens is 400 g/mol. The number of anilines is 2. The van der Waals surface area contributed by atoms with E-state index in [-0.39, 0.29) is 17.7 Å². The van der Waals surface area contributed by atoms with Gasteiger partial charge in [-0.1, -0.05) is 48.0 Å². The lowest BCUT2D eigenvalue weighted by Crippen LogP contribution is -2.47. The summed E-state index contributed by atoms with van der Waals surface area (Å²) in [6, 6.07) is 22.8. The van der Waals surface area contributed by atoms with Gasteiger partial charge in [0, 0.05) is 17.8 Å². The van der Waals surface area contributed by atoms with Crippen LogP contribution in [0.25, 0.3) is 0 Å². The third-order valence-corrected chi connectivity index (χ3v) is 6.07. The minimum Gasteiger partial charge on any atom is -0.497 e. The summed E-state index contributed by atoms with van der Waals surface area (Å²) < 4.78 is 5.27. The molecule has 0 saturated carbocycles. The smallest absolute Gasteiger partial charge is 0.229 e. The predicted molar refractivity (Wildman–Crippen MR) is 127 cm³/mol. The molecule has 3 aromatic rings. The van der Waals surface area contributed by atoms with Crippen LogP contribution in [-0.2, 0) is 9.59 Å². The number of aryl methyl sites for hydroxylation is 2. The lowest BCUT2D eigenvalue weighted by molar-refractivity contribution is -0.125. The van der Waals surface area contributed by atoms with Crippen LogP contribution in [0.5, 0.6) is 5.75 Å². The second kappa shape index (κ2) is 9.27. The van der Waals surface area contributed by atoms with E-state index in [1.54, 1.807) is 12.0 Å². The maximum atomic E-state index is 13.5. The zero-order valence-corrected chi connectivity index (χ0v) is 18.7. The second-order valence-electron chi connectivity index (χ2n) is 8.27. The van der Waals surface area contributed by atoms with E-state index in [4.69, 9.17) is 4.74 Å². The molecule has 1 saturated heterocycles. The van der Waals surface area contributed by atoms with Crippen molar-refractivity contribution < 1.29 is 14.3 Å². The van der Waals surface area contributed by atoms with Crippen LogP contribution in [0.15, 0.2) is 72.8 Å². The van der Waals surface area contributed by atoms with E-state index in [2.05, 4.69) is 11.4 Å². The fourth-order valence-corrected chi connectivity index (χ4v) is 4.43. The molecule has 32 heavy (non-hydrogen) atoms. The summed E-state index contributed by atoms with van der Waals surface area (Å²) in [5.74, 6) is 0.285. The van der Waals surface area contributed by atoms with Gasteiger partial charge >= 0.3 is 0 Å². The monoisotopic (exact) mass is 428 g/mol. The molecule has 2 atom stereocenters. The second-order valence-corrected chi connectivity index (χ2v) is 8.27. The zero-order valence-electron chi connectivity index (χ0n) is 18.7. The van der Waals surface area contributed by atoms with E-state index in [1.807, 2.05) is 80.6 Å². The van der Waals surface area contributed by atoms with E-state index in [9.17, 15) is 9.59 Å². The molecule has 1 aliphatic heterocycles.